The lowest BCUT2D eigenvalue weighted by atomic mass is 9.93. The van der Waals surface area contributed by atoms with Crippen LogP contribution in [0.5, 0.6) is 0 Å². The quantitative estimate of drug-likeness (QED) is 0.289. The molecular formula is C22H35IN6O2. The third kappa shape index (κ3) is 7.55. The number of rotatable bonds is 6. The first-order chi connectivity index (χ1) is 14.6. The maximum atomic E-state index is 11.6. The van der Waals surface area contributed by atoms with E-state index < -0.39 is 0 Å². The molecule has 9 heteroatoms. The van der Waals surface area contributed by atoms with Gasteiger partial charge < -0.3 is 25.8 Å². The summed E-state index contributed by atoms with van der Waals surface area (Å²) in [6, 6.07) is 8.32. The van der Waals surface area contributed by atoms with Crippen LogP contribution in [0.25, 0.3) is 0 Å². The van der Waals surface area contributed by atoms with Gasteiger partial charge in [0.1, 0.15) is 0 Å². The molecule has 8 nitrogen and oxygen atoms in total. The molecule has 3 N–H and O–H groups in total. The van der Waals surface area contributed by atoms with Crippen molar-refractivity contribution in [3.8, 4) is 0 Å². The number of carbonyl (C=O) groups is 2. The Hall–Kier alpha value is -2.04. The Labute approximate surface area is 202 Å². The van der Waals surface area contributed by atoms with Crippen molar-refractivity contribution < 1.29 is 9.59 Å². The van der Waals surface area contributed by atoms with E-state index in [9.17, 15) is 9.59 Å². The highest BCUT2D eigenvalue weighted by Gasteiger charge is 2.23. The number of amides is 2. The summed E-state index contributed by atoms with van der Waals surface area (Å²) in [7, 11) is 1.70. The monoisotopic (exact) mass is 542 g/mol. The molecule has 3 rings (SSSR count). The zero-order chi connectivity index (χ0) is 21.3. The topological polar surface area (TPSA) is 89.1 Å². The molecule has 0 radical (unpaired) electrons. The van der Waals surface area contributed by atoms with Crippen LogP contribution in [0.15, 0.2) is 29.3 Å². The first-order valence-corrected chi connectivity index (χ1v) is 10.9. The number of aliphatic imine (C=N–C) groups is 1. The van der Waals surface area contributed by atoms with Crippen LogP contribution >= 0.6 is 24.0 Å². The van der Waals surface area contributed by atoms with Crippen molar-refractivity contribution in [1.82, 2.24) is 20.9 Å². The molecule has 0 saturated carbocycles. The molecule has 0 spiro atoms. The van der Waals surface area contributed by atoms with E-state index >= 15 is 0 Å². The van der Waals surface area contributed by atoms with Crippen LogP contribution < -0.4 is 20.9 Å². The van der Waals surface area contributed by atoms with Gasteiger partial charge in [0.15, 0.2) is 5.96 Å². The van der Waals surface area contributed by atoms with Gasteiger partial charge in [0, 0.05) is 51.9 Å². The van der Waals surface area contributed by atoms with Crippen molar-refractivity contribution in [2.45, 2.75) is 32.7 Å². The highest BCUT2D eigenvalue weighted by atomic mass is 127. The second-order valence-electron chi connectivity index (χ2n) is 7.92. The minimum absolute atomic E-state index is 0. The molecule has 2 aliphatic rings. The molecule has 1 aromatic carbocycles. The number of nitrogens with one attached hydrogen (secondary N) is 3. The van der Waals surface area contributed by atoms with Crippen molar-refractivity contribution in [3.63, 3.8) is 0 Å². The Morgan fingerprint density at radius 1 is 1.19 bits per heavy atom. The van der Waals surface area contributed by atoms with Crippen molar-refractivity contribution in [2.75, 3.05) is 51.2 Å². The van der Waals surface area contributed by atoms with Gasteiger partial charge in [-0.2, -0.15) is 0 Å². The molecule has 0 aliphatic carbocycles. The lowest BCUT2D eigenvalue weighted by molar-refractivity contribution is -0.122. The fourth-order valence-electron chi connectivity index (χ4n) is 3.98. The smallest absolute Gasteiger partial charge is 0.239 e. The number of carbonyl (C=O) groups excluding carboxylic acids is 2. The number of halogens is 1. The average molecular weight is 542 g/mol. The first kappa shape index (κ1) is 25.2. The van der Waals surface area contributed by atoms with Crippen LogP contribution in [0, 0.1) is 5.92 Å². The molecular weight excluding hydrogens is 507 g/mol. The molecule has 2 heterocycles. The highest BCUT2D eigenvalue weighted by Crippen LogP contribution is 2.21. The Bertz CT molecular complexity index is 747. The highest BCUT2D eigenvalue weighted by molar-refractivity contribution is 14.0. The van der Waals surface area contributed by atoms with Gasteiger partial charge in [-0.05, 0) is 43.4 Å². The first-order valence-electron chi connectivity index (χ1n) is 10.9. The summed E-state index contributed by atoms with van der Waals surface area (Å²) in [5.74, 6) is 1.59. The molecule has 0 aromatic heterocycles. The summed E-state index contributed by atoms with van der Waals surface area (Å²) in [6.45, 7) is 7.30. The molecule has 0 atom stereocenters. The third-order valence-electron chi connectivity index (χ3n) is 5.75. The third-order valence-corrected chi connectivity index (χ3v) is 5.75. The molecule has 0 unspecified atom stereocenters. The summed E-state index contributed by atoms with van der Waals surface area (Å²) in [6.07, 6.45) is 2.63. The van der Waals surface area contributed by atoms with Crippen LogP contribution in [0.1, 0.15) is 31.7 Å². The minimum Gasteiger partial charge on any atom is -0.360 e. The second-order valence-corrected chi connectivity index (χ2v) is 7.92. The van der Waals surface area contributed by atoms with Gasteiger partial charge in [-0.1, -0.05) is 12.1 Å². The fourth-order valence-corrected chi connectivity index (χ4v) is 3.98. The van der Waals surface area contributed by atoms with Gasteiger partial charge in [-0.25, -0.2) is 4.99 Å². The molecule has 2 aliphatic heterocycles. The van der Waals surface area contributed by atoms with Gasteiger partial charge in [0.05, 0.1) is 13.1 Å². The minimum atomic E-state index is 0. The van der Waals surface area contributed by atoms with E-state index in [-0.39, 0.29) is 35.8 Å². The van der Waals surface area contributed by atoms with Gasteiger partial charge in [0.2, 0.25) is 11.8 Å². The number of hydrogen-bond donors (Lipinski definition) is 3. The van der Waals surface area contributed by atoms with E-state index in [2.05, 4.69) is 56.9 Å². The normalized spacial score (nSPS) is 17.6. The summed E-state index contributed by atoms with van der Waals surface area (Å²) in [5, 5.41) is 8.98. The van der Waals surface area contributed by atoms with Gasteiger partial charge in [-0.15, -0.1) is 24.0 Å². The van der Waals surface area contributed by atoms with Crippen molar-refractivity contribution in [1.29, 1.82) is 0 Å². The van der Waals surface area contributed by atoms with Crippen LogP contribution in [0.3, 0.4) is 0 Å². The summed E-state index contributed by atoms with van der Waals surface area (Å²) in [5.41, 5.74) is 2.22. The van der Waals surface area contributed by atoms with E-state index in [0.29, 0.717) is 32.0 Å². The molecule has 2 amide bonds. The predicted molar refractivity (Wildman–Crippen MR) is 135 cm³/mol. The Morgan fingerprint density at radius 3 is 2.52 bits per heavy atom. The second kappa shape index (κ2) is 12.7. The Kier molecular flexibility index (Phi) is 10.4. The summed E-state index contributed by atoms with van der Waals surface area (Å²) in [4.78, 5) is 32.4. The van der Waals surface area contributed by atoms with Crippen molar-refractivity contribution in [2.24, 2.45) is 10.9 Å². The van der Waals surface area contributed by atoms with E-state index in [4.69, 9.17) is 4.99 Å². The summed E-state index contributed by atoms with van der Waals surface area (Å²) >= 11 is 0. The zero-order valence-corrected chi connectivity index (χ0v) is 20.9. The summed E-state index contributed by atoms with van der Waals surface area (Å²) < 4.78 is 0. The number of likely N-dealkylation sites (tertiary alicyclic amines) is 1. The molecule has 172 valence electrons. The number of benzene rings is 1. The van der Waals surface area contributed by atoms with Crippen LogP contribution in [-0.4, -0.2) is 69.0 Å². The van der Waals surface area contributed by atoms with Crippen LogP contribution in [0.4, 0.5) is 5.69 Å². The number of anilines is 1. The lowest BCUT2D eigenvalue weighted by Crippen LogP contribution is -2.47. The van der Waals surface area contributed by atoms with Crippen LogP contribution in [-0.2, 0) is 16.1 Å². The zero-order valence-electron chi connectivity index (χ0n) is 18.5. The SMILES string of the molecule is CCNC(=NCc1ccc(N2CCNC(=O)C2)cc1)N1CCC(CC(=O)NC)CC1.I. The molecule has 31 heavy (non-hydrogen) atoms. The predicted octanol–water partition coefficient (Wildman–Crippen LogP) is 1.55. The van der Waals surface area contributed by atoms with Crippen molar-refractivity contribution >= 4 is 47.4 Å². The number of piperidine rings is 1. The fraction of sp³-hybridized carbons (Fsp3) is 0.591. The molecule has 0 bridgehead atoms. The molecule has 1 aromatic rings. The number of nitrogens with zero attached hydrogens (tertiary/aromatic N) is 3. The number of piperazine rings is 1. The molecule has 2 saturated heterocycles. The average Bonchev–Trinajstić information content (AvgIpc) is 2.77. The molecule has 2 fully saturated rings. The van der Waals surface area contributed by atoms with Crippen LogP contribution in [0.2, 0.25) is 0 Å². The van der Waals surface area contributed by atoms with E-state index in [1.54, 1.807) is 7.05 Å². The number of hydrogen-bond acceptors (Lipinski definition) is 4. The maximum Gasteiger partial charge on any atom is 0.239 e. The van der Waals surface area contributed by atoms with E-state index in [1.807, 2.05) is 0 Å². The standard InChI is InChI=1S/C22H34N6O2.HI/c1-3-24-22(27-11-8-17(9-12-27)14-20(29)23-2)26-15-18-4-6-19(7-5-18)28-13-10-25-21(30)16-28;/h4-7,17H,3,8-16H2,1-2H3,(H,23,29)(H,24,26)(H,25,30);1H. The lowest BCUT2D eigenvalue weighted by Gasteiger charge is -2.34. The van der Waals surface area contributed by atoms with Gasteiger partial charge >= 0.3 is 0 Å². The Morgan fingerprint density at radius 2 is 1.90 bits per heavy atom. The van der Waals surface area contributed by atoms with Gasteiger partial charge in [0.25, 0.3) is 0 Å². The van der Waals surface area contributed by atoms with Gasteiger partial charge in [-0.3, -0.25) is 9.59 Å². The van der Waals surface area contributed by atoms with E-state index in [1.165, 1.54) is 0 Å². The Balaban J connectivity index is 0.00000341. The van der Waals surface area contributed by atoms with Crippen molar-refractivity contribution in [3.05, 3.63) is 29.8 Å². The largest absolute Gasteiger partial charge is 0.360 e. The van der Waals surface area contributed by atoms with E-state index in [0.717, 1.165) is 56.2 Å². The maximum absolute atomic E-state index is 11.6. The number of guanidine groups is 1.